The number of halogens is 2. The van der Waals surface area contributed by atoms with Crippen molar-refractivity contribution >= 4 is 52.3 Å². The summed E-state index contributed by atoms with van der Waals surface area (Å²) >= 11 is -1.10. The van der Waals surface area contributed by atoms with Crippen molar-refractivity contribution in [3.05, 3.63) is 60.2 Å². The number of aryl methyl sites for hydroxylation is 2. The predicted octanol–water partition coefficient (Wildman–Crippen LogP) is 4.12. The Morgan fingerprint density at radius 2 is 1.12 bits per heavy atom. The van der Waals surface area contributed by atoms with Crippen LogP contribution in [0, 0.1) is 13.8 Å². The molecule has 4 aromatic rings. The second-order valence-corrected chi connectivity index (χ2v) is 7.04. The van der Waals surface area contributed by atoms with E-state index in [0.29, 0.717) is 0 Å². The van der Waals surface area contributed by atoms with Gasteiger partial charge in [-0.25, -0.2) is 0 Å². The zero-order valence-electron chi connectivity index (χ0n) is 13.3. The molecule has 4 nitrogen and oxygen atoms in total. The molecular weight excluding hydrogens is 387 g/mol. The summed E-state index contributed by atoms with van der Waals surface area (Å²) in [6.45, 7) is 4.08. The molecule has 0 saturated carbocycles. The van der Waals surface area contributed by atoms with Crippen LogP contribution in [0.4, 0.5) is 0 Å². The molecule has 2 heterocycles. The van der Waals surface area contributed by atoms with E-state index >= 15 is 0 Å². The van der Waals surface area contributed by atoms with Gasteiger partial charge in [-0.3, -0.25) is 0 Å². The van der Waals surface area contributed by atoms with E-state index in [0.717, 1.165) is 33.7 Å². The number of nitrogens with zero attached hydrogens (tertiary/aromatic N) is 4. The van der Waals surface area contributed by atoms with E-state index in [4.69, 9.17) is 0 Å². The average molecular weight is 405 g/mol. The summed E-state index contributed by atoms with van der Waals surface area (Å²) in [5.41, 5.74) is 8.77. The second kappa shape index (κ2) is 7.08. The fraction of sp³-hybridized carbons (Fsp3) is 0.118. The van der Waals surface area contributed by atoms with Crippen LogP contribution in [0.2, 0.25) is 0 Å². The molecule has 0 atom stereocenters. The van der Waals surface area contributed by atoms with E-state index in [2.05, 4.69) is 34.7 Å². The first-order valence-electron chi connectivity index (χ1n) is 7.01. The molecule has 0 aliphatic carbocycles. The van der Waals surface area contributed by atoms with Crippen LogP contribution in [0.15, 0.2) is 48.5 Å². The molecule has 4 rings (SSSR count). The number of benzene rings is 2. The zero-order valence-corrected chi connectivity index (χ0v) is 16.0. The summed E-state index contributed by atoms with van der Waals surface area (Å²) in [5, 5.41) is 0. The number of hydrogen-bond acceptors (Lipinski definition) is 2. The summed E-state index contributed by atoms with van der Waals surface area (Å²) in [5.74, 6) is 1.99. The first kappa shape index (κ1) is 18.7. The zero-order chi connectivity index (χ0) is 15.3. The van der Waals surface area contributed by atoms with Crippen LogP contribution < -0.4 is 0 Å². The van der Waals surface area contributed by atoms with Gasteiger partial charge in [0.25, 0.3) is 0 Å². The third-order valence-electron chi connectivity index (χ3n) is 3.66. The van der Waals surface area contributed by atoms with Crippen molar-refractivity contribution < 1.29 is 13.9 Å². The van der Waals surface area contributed by atoms with Crippen LogP contribution >= 0.6 is 24.8 Å². The van der Waals surface area contributed by atoms with Crippen molar-refractivity contribution in [3.8, 4) is 0 Å². The maximum atomic E-state index is 4.66. The normalized spacial score (nSPS) is 11.2. The number of fused-ring (bicyclic) bond motifs is 2. The van der Waals surface area contributed by atoms with Crippen molar-refractivity contribution in [2.24, 2.45) is 0 Å². The Hall–Kier alpha value is -1.65. The van der Waals surface area contributed by atoms with Crippen molar-refractivity contribution in [1.82, 2.24) is 17.1 Å². The van der Waals surface area contributed by atoms with Gasteiger partial charge in [0.2, 0.25) is 0 Å². The topological polar surface area (TPSA) is 35.6 Å². The van der Waals surface area contributed by atoms with Crippen molar-refractivity contribution in [2.45, 2.75) is 13.8 Å². The second-order valence-electron chi connectivity index (χ2n) is 5.13. The van der Waals surface area contributed by atoms with Gasteiger partial charge in [0, 0.05) is 0 Å². The Morgan fingerprint density at radius 1 is 0.750 bits per heavy atom. The summed E-state index contributed by atoms with van der Waals surface area (Å²) in [7, 11) is 0. The number of aromatic nitrogens is 4. The van der Waals surface area contributed by atoms with Crippen molar-refractivity contribution in [3.63, 3.8) is 0 Å². The molecule has 0 amide bonds. The van der Waals surface area contributed by atoms with Gasteiger partial charge in [-0.05, 0) is 0 Å². The molecule has 2 aromatic heterocycles. The van der Waals surface area contributed by atoms with Crippen LogP contribution in [0.25, 0.3) is 22.1 Å². The van der Waals surface area contributed by atoms with E-state index in [1.54, 1.807) is 0 Å². The monoisotopic (exact) mass is 404 g/mol. The predicted molar refractivity (Wildman–Crippen MR) is 101 cm³/mol. The van der Waals surface area contributed by atoms with Gasteiger partial charge < -0.3 is 0 Å². The van der Waals surface area contributed by atoms with Crippen LogP contribution in [0.5, 0.6) is 0 Å². The molecule has 0 spiro atoms. The Bertz CT molecular complexity index is 954. The van der Waals surface area contributed by atoms with Crippen LogP contribution in [-0.4, -0.2) is 22.6 Å². The van der Waals surface area contributed by atoms with Gasteiger partial charge in [-0.2, -0.15) is 0 Å². The standard InChI is InChI=1S/2C8H7N2.CH2.2ClH.Fe/c2*1-6-9-7-4-2-3-5-8(7)10-6;;;;/h2*2-5H,1H3;1H2;2*1H;/q2*-1;;;;+2. The molecule has 0 saturated heterocycles. The maximum absolute atomic E-state index is 4.66. The van der Waals surface area contributed by atoms with E-state index < -0.39 is 13.9 Å². The van der Waals surface area contributed by atoms with Gasteiger partial charge in [0.1, 0.15) is 0 Å². The minimum atomic E-state index is -1.10. The Kier molecular flexibility index (Phi) is 5.51. The minimum absolute atomic E-state index is 0. The van der Waals surface area contributed by atoms with Crippen molar-refractivity contribution in [2.75, 3.05) is 0 Å². The molecule has 0 N–H and O–H groups in total. The molecule has 0 radical (unpaired) electrons. The first-order chi connectivity index (χ1) is 10.7. The fourth-order valence-corrected chi connectivity index (χ4v) is 4.94. The Morgan fingerprint density at radius 3 is 1.54 bits per heavy atom. The van der Waals surface area contributed by atoms with Gasteiger partial charge in [0.05, 0.1) is 0 Å². The van der Waals surface area contributed by atoms with E-state index in [1.807, 2.05) is 50.2 Å². The van der Waals surface area contributed by atoms with Crippen LogP contribution in [-0.2, 0) is 13.9 Å². The van der Waals surface area contributed by atoms with Crippen LogP contribution in [0.3, 0.4) is 0 Å². The molecule has 0 fully saturated rings. The summed E-state index contributed by atoms with van der Waals surface area (Å²) < 4.78 is 4.49. The van der Waals surface area contributed by atoms with Gasteiger partial charge in [-0.15, -0.1) is 24.8 Å². The SMILES string of the molecule is Cl.Cl.[CH2]=[Fe]([n]1c(C)nc2ccccc21)[n]1c(C)nc2ccccc21. The van der Waals surface area contributed by atoms with E-state index in [1.165, 1.54) is 0 Å². The third kappa shape index (κ3) is 2.78. The molecular formula is C17H18Cl2FeN4. The van der Waals surface area contributed by atoms with Gasteiger partial charge >= 0.3 is 133 Å². The summed E-state index contributed by atoms with van der Waals surface area (Å²) in [4.78, 5) is 9.33. The Labute approximate surface area is 157 Å². The fourth-order valence-electron chi connectivity index (χ4n) is 2.75. The van der Waals surface area contributed by atoms with Gasteiger partial charge in [-0.1, -0.05) is 0 Å². The number of rotatable bonds is 2. The van der Waals surface area contributed by atoms with Gasteiger partial charge in [0.15, 0.2) is 0 Å². The molecule has 128 valence electrons. The molecule has 2 aromatic carbocycles. The Balaban J connectivity index is 0.00000104. The number of imidazole rings is 2. The molecule has 0 bridgehead atoms. The number of para-hydroxylation sites is 4. The molecule has 24 heavy (non-hydrogen) atoms. The summed E-state index contributed by atoms with van der Waals surface area (Å²) in [6.07, 6.45) is 0. The van der Waals surface area contributed by atoms with E-state index in [-0.39, 0.29) is 24.8 Å². The van der Waals surface area contributed by atoms with Crippen LogP contribution in [0.1, 0.15) is 11.6 Å². The first-order valence-corrected chi connectivity index (χ1v) is 8.78. The van der Waals surface area contributed by atoms with E-state index in [9.17, 15) is 0 Å². The number of hydrogen-bond donors (Lipinski definition) is 0. The molecule has 7 heteroatoms. The quantitative estimate of drug-likeness (QED) is 0.471. The molecule has 0 aliphatic rings. The molecule has 0 aliphatic heterocycles. The average Bonchev–Trinajstić information content (AvgIpc) is 3.01. The van der Waals surface area contributed by atoms with Crippen molar-refractivity contribution in [1.29, 1.82) is 0 Å². The molecule has 0 unspecified atom stereocenters. The summed E-state index contributed by atoms with van der Waals surface area (Å²) in [6, 6.07) is 16.4. The third-order valence-corrected chi connectivity index (χ3v) is 6.04.